The third kappa shape index (κ3) is 3.75. The predicted molar refractivity (Wildman–Crippen MR) is 92.7 cm³/mol. The van der Waals surface area contributed by atoms with E-state index < -0.39 is 6.04 Å². The zero-order valence-corrected chi connectivity index (χ0v) is 14.0. The smallest absolute Gasteiger partial charge is 0.273 e. The van der Waals surface area contributed by atoms with Crippen molar-refractivity contribution in [2.75, 3.05) is 0 Å². The van der Waals surface area contributed by atoms with E-state index in [2.05, 4.69) is 20.8 Å². The van der Waals surface area contributed by atoms with E-state index in [9.17, 15) is 9.59 Å². The molecule has 24 heavy (non-hydrogen) atoms. The summed E-state index contributed by atoms with van der Waals surface area (Å²) in [5, 5.41) is 13.5. The van der Waals surface area contributed by atoms with Crippen LogP contribution >= 0.6 is 0 Å². The Morgan fingerprint density at radius 3 is 2.62 bits per heavy atom. The SMILES string of the molecule is CC(NC(=O)c1n[nH]c2ccccc12)C(=O)NC1CCCCCC1. The van der Waals surface area contributed by atoms with Gasteiger partial charge in [-0.05, 0) is 25.8 Å². The molecule has 2 amide bonds. The lowest BCUT2D eigenvalue weighted by atomic mass is 10.1. The first kappa shape index (κ1) is 16.5. The Hall–Kier alpha value is -2.37. The fourth-order valence-electron chi connectivity index (χ4n) is 3.22. The molecule has 1 heterocycles. The van der Waals surface area contributed by atoms with Crippen LogP contribution in [0, 0.1) is 0 Å². The first-order chi connectivity index (χ1) is 11.6. The number of aromatic amines is 1. The highest BCUT2D eigenvalue weighted by atomic mass is 16.2. The molecule has 3 rings (SSSR count). The summed E-state index contributed by atoms with van der Waals surface area (Å²) in [7, 11) is 0. The topological polar surface area (TPSA) is 86.9 Å². The van der Waals surface area contributed by atoms with E-state index in [1.807, 2.05) is 24.3 Å². The molecule has 1 aliphatic carbocycles. The summed E-state index contributed by atoms with van der Waals surface area (Å²) in [6.45, 7) is 1.71. The van der Waals surface area contributed by atoms with Crippen LogP contribution in [0.15, 0.2) is 24.3 Å². The minimum absolute atomic E-state index is 0.130. The van der Waals surface area contributed by atoms with Crippen molar-refractivity contribution in [3.05, 3.63) is 30.0 Å². The van der Waals surface area contributed by atoms with Crippen molar-refractivity contribution in [3.63, 3.8) is 0 Å². The van der Waals surface area contributed by atoms with Crippen molar-refractivity contribution in [3.8, 4) is 0 Å². The molecule has 1 atom stereocenters. The van der Waals surface area contributed by atoms with Crippen molar-refractivity contribution < 1.29 is 9.59 Å². The van der Waals surface area contributed by atoms with Crippen LogP contribution in [-0.2, 0) is 4.79 Å². The number of amides is 2. The van der Waals surface area contributed by atoms with E-state index in [1.54, 1.807) is 6.92 Å². The molecule has 0 saturated heterocycles. The molecule has 3 N–H and O–H groups in total. The Bertz CT molecular complexity index is 717. The molecule has 0 radical (unpaired) electrons. The van der Waals surface area contributed by atoms with Crippen molar-refractivity contribution in [2.45, 2.75) is 57.5 Å². The van der Waals surface area contributed by atoms with Gasteiger partial charge in [-0.15, -0.1) is 0 Å². The van der Waals surface area contributed by atoms with Crippen LogP contribution < -0.4 is 10.6 Å². The first-order valence-electron chi connectivity index (χ1n) is 8.69. The number of carbonyl (C=O) groups is 2. The monoisotopic (exact) mass is 328 g/mol. The van der Waals surface area contributed by atoms with Gasteiger partial charge in [0.25, 0.3) is 5.91 Å². The lowest BCUT2D eigenvalue weighted by Gasteiger charge is -2.20. The molecule has 1 unspecified atom stereocenters. The average molecular weight is 328 g/mol. The molecule has 0 bridgehead atoms. The number of benzene rings is 1. The molecule has 1 saturated carbocycles. The number of nitrogens with zero attached hydrogens (tertiary/aromatic N) is 1. The van der Waals surface area contributed by atoms with Crippen LogP contribution in [0.2, 0.25) is 0 Å². The number of carbonyl (C=O) groups excluding carboxylic acids is 2. The van der Waals surface area contributed by atoms with Crippen LogP contribution in [0.1, 0.15) is 55.9 Å². The zero-order valence-electron chi connectivity index (χ0n) is 14.0. The Morgan fingerprint density at radius 1 is 1.17 bits per heavy atom. The Morgan fingerprint density at radius 2 is 1.88 bits per heavy atom. The normalized spacial score (nSPS) is 17.2. The van der Waals surface area contributed by atoms with Gasteiger partial charge >= 0.3 is 0 Å². The molecule has 0 spiro atoms. The number of H-pyrrole nitrogens is 1. The maximum atomic E-state index is 12.4. The molecule has 1 aliphatic rings. The highest BCUT2D eigenvalue weighted by Gasteiger charge is 2.22. The van der Waals surface area contributed by atoms with Gasteiger partial charge in [0, 0.05) is 11.4 Å². The molecule has 2 aromatic rings. The minimum Gasteiger partial charge on any atom is -0.352 e. The largest absolute Gasteiger partial charge is 0.352 e. The van der Waals surface area contributed by atoms with Crippen molar-refractivity contribution >= 4 is 22.7 Å². The summed E-state index contributed by atoms with van der Waals surface area (Å²) < 4.78 is 0. The molecule has 1 aromatic carbocycles. The summed E-state index contributed by atoms with van der Waals surface area (Å²) >= 11 is 0. The molecule has 1 aromatic heterocycles. The van der Waals surface area contributed by atoms with Gasteiger partial charge in [0.15, 0.2) is 5.69 Å². The third-order valence-electron chi connectivity index (χ3n) is 4.63. The van der Waals surface area contributed by atoms with Gasteiger partial charge in [0.2, 0.25) is 5.91 Å². The van der Waals surface area contributed by atoms with Gasteiger partial charge in [-0.1, -0.05) is 43.9 Å². The van der Waals surface area contributed by atoms with Gasteiger partial charge in [-0.25, -0.2) is 0 Å². The number of fused-ring (bicyclic) bond motifs is 1. The third-order valence-corrected chi connectivity index (χ3v) is 4.63. The predicted octanol–water partition coefficient (Wildman–Crippen LogP) is 2.52. The number of para-hydroxylation sites is 1. The van der Waals surface area contributed by atoms with Gasteiger partial charge in [-0.3, -0.25) is 14.7 Å². The lowest BCUT2D eigenvalue weighted by molar-refractivity contribution is -0.123. The van der Waals surface area contributed by atoms with Crippen molar-refractivity contribution in [2.24, 2.45) is 0 Å². The summed E-state index contributed by atoms with van der Waals surface area (Å²) in [5.74, 6) is -0.467. The minimum atomic E-state index is -0.587. The molecular formula is C18H24N4O2. The fourth-order valence-corrected chi connectivity index (χ4v) is 3.22. The summed E-state index contributed by atoms with van der Waals surface area (Å²) in [5.41, 5.74) is 1.12. The first-order valence-corrected chi connectivity index (χ1v) is 8.69. The lowest BCUT2D eigenvalue weighted by Crippen LogP contribution is -2.48. The average Bonchev–Trinajstić information content (AvgIpc) is 2.85. The zero-order chi connectivity index (χ0) is 16.9. The van der Waals surface area contributed by atoms with E-state index in [0.717, 1.165) is 36.6 Å². The quantitative estimate of drug-likeness (QED) is 0.754. The van der Waals surface area contributed by atoms with Gasteiger partial charge in [0.1, 0.15) is 6.04 Å². The highest BCUT2D eigenvalue weighted by Crippen LogP contribution is 2.17. The van der Waals surface area contributed by atoms with Gasteiger partial charge in [0.05, 0.1) is 5.52 Å². The van der Waals surface area contributed by atoms with Crippen LogP contribution in [0.4, 0.5) is 0 Å². The number of aromatic nitrogens is 2. The number of hydrogen-bond acceptors (Lipinski definition) is 3. The number of hydrogen-bond donors (Lipinski definition) is 3. The maximum absolute atomic E-state index is 12.4. The molecule has 6 nitrogen and oxygen atoms in total. The van der Waals surface area contributed by atoms with Gasteiger partial charge in [-0.2, -0.15) is 5.10 Å². The van der Waals surface area contributed by atoms with Crippen LogP contribution in [0.3, 0.4) is 0 Å². The Kier molecular flexibility index (Phi) is 5.13. The fraction of sp³-hybridized carbons (Fsp3) is 0.500. The number of nitrogens with one attached hydrogen (secondary N) is 3. The van der Waals surface area contributed by atoms with E-state index in [4.69, 9.17) is 0 Å². The molecule has 1 fully saturated rings. The summed E-state index contributed by atoms with van der Waals surface area (Å²) in [6.07, 6.45) is 6.85. The number of rotatable bonds is 4. The van der Waals surface area contributed by atoms with E-state index in [1.165, 1.54) is 12.8 Å². The molecular weight excluding hydrogens is 304 g/mol. The molecule has 128 valence electrons. The van der Waals surface area contributed by atoms with Crippen LogP contribution in [-0.4, -0.2) is 34.1 Å². The standard InChI is InChI=1S/C18H24N4O2/c1-12(17(23)20-13-8-4-2-3-5-9-13)19-18(24)16-14-10-6-7-11-15(14)21-22-16/h6-7,10-13H,2-5,8-9H2,1H3,(H,19,24)(H,20,23)(H,21,22). The van der Waals surface area contributed by atoms with Crippen molar-refractivity contribution in [1.82, 2.24) is 20.8 Å². The second kappa shape index (κ2) is 7.47. The summed E-state index contributed by atoms with van der Waals surface area (Å²) in [4.78, 5) is 24.7. The van der Waals surface area contributed by atoms with E-state index in [0.29, 0.717) is 5.69 Å². The Balaban J connectivity index is 1.60. The van der Waals surface area contributed by atoms with Crippen LogP contribution in [0.25, 0.3) is 10.9 Å². The second-order valence-corrected chi connectivity index (χ2v) is 6.51. The van der Waals surface area contributed by atoms with Gasteiger partial charge < -0.3 is 10.6 Å². The van der Waals surface area contributed by atoms with E-state index in [-0.39, 0.29) is 17.9 Å². The van der Waals surface area contributed by atoms with Crippen LogP contribution in [0.5, 0.6) is 0 Å². The Labute approximate surface area is 141 Å². The molecule has 0 aliphatic heterocycles. The highest BCUT2D eigenvalue weighted by molar-refractivity contribution is 6.05. The van der Waals surface area contributed by atoms with Crippen molar-refractivity contribution in [1.29, 1.82) is 0 Å². The summed E-state index contributed by atoms with van der Waals surface area (Å²) in [6, 6.07) is 7.08. The second-order valence-electron chi connectivity index (χ2n) is 6.51. The molecule has 6 heteroatoms. The van der Waals surface area contributed by atoms with E-state index >= 15 is 0 Å². The maximum Gasteiger partial charge on any atom is 0.273 e.